The Bertz CT molecular complexity index is 1400. The number of amides is 2. The van der Waals surface area contributed by atoms with Gasteiger partial charge >= 0.3 is 0 Å². The predicted molar refractivity (Wildman–Crippen MR) is 157 cm³/mol. The molecule has 0 aliphatic rings. The van der Waals surface area contributed by atoms with Crippen LogP contribution in [0.15, 0.2) is 78.9 Å². The maximum Gasteiger partial charge on any atom is 0.244 e. The van der Waals surface area contributed by atoms with Crippen LogP contribution in [0.3, 0.4) is 0 Å². The Morgan fingerprint density at radius 2 is 1.52 bits per heavy atom. The van der Waals surface area contributed by atoms with Crippen LogP contribution in [0.5, 0.6) is 0 Å². The van der Waals surface area contributed by atoms with Gasteiger partial charge in [0, 0.05) is 25.1 Å². The molecule has 214 valence electrons. The van der Waals surface area contributed by atoms with Crippen molar-refractivity contribution in [3.8, 4) is 0 Å². The van der Waals surface area contributed by atoms with Crippen molar-refractivity contribution in [2.24, 2.45) is 0 Å². The number of benzene rings is 3. The van der Waals surface area contributed by atoms with Crippen LogP contribution >= 0.6 is 0 Å². The number of carbonyl (C=O) groups is 2. The molecule has 1 N–H and O–H groups in total. The molecule has 0 unspecified atom stereocenters. The van der Waals surface area contributed by atoms with Gasteiger partial charge in [-0.2, -0.15) is 0 Å². The summed E-state index contributed by atoms with van der Waals surface area (Å²) in [4.78, 5) is 28.6. The zero-order valence-electron chi connectivity index (χ0n) is 23.7. The lowest BCUT2D eigenvalue weighted by Gasteiger charge is -2.33. The normalized spacial score (nSPS) is 12.4. The molecule has 0 spiro atoms. The van der Waals surface area contributed by atoms with Crippen molar-refractivity contribution in [3.05, 3.63) is 101 Å². The number of anilines is 1. The molecule has 3 aromatic rings. The highest BCUT2D eigenvalue weighted by atomic mass is 32.2. The Morgan fingerprint density at radius 1 is 0.925 bits per heavy atom. The van der Waals surface area contributed by atoms with Gasteiger partial charge in [0.25, 0.3) is 0 Å². The molecule has 40 heavy (non-hydrogen) atoms. The van der Waals surface area contributed by atoms with E-state index in [0.717, 1.165) is 21.7 Å². The number of nitrogens with zero attached hydrogens (tertiary/aromatic N) is 2. The fourth-order valence-electron chi connectivity index (χ4n) is 4.40. The molecule has 2 amide bonds. The molecule has 1 atom stereocenters. The monoisotopic (exact) mass is 567 g/mol. The molecular weight excluding hydrogens is 529 g/mol. The van der Waals surface area contributed by atoms with Crippen LogP contribution in [-0.2, 0) is 38.0 Å². The first kappa shape index (κ1) is 30.8. The third-order valence-corrected chi connectivity index (χ3v) is 7.76. The Labute approximate surface area is 237 Å². The van der Waals surface area contributed by atoms with Gasteiger partial charge in [0.05, 0.1) is 11.9 Å². The first-order valence-corrected chi connectivity index (χ1v) is 15.1. The number of sulfonamides is 1. The largest absolute Gasteiger partial charge is 0.355 e. The zero-order valence-corrected chi connectivity index (χ0v) is 24.5. The fraction of sp³-hybridized carbons (Fsp3) is 0.355. The topological polar surface area (TPSA) is 86.8 Å². The first-order valence-electron chi connectivity index (χ1n) is 13.2. The number of carbonyl (C=O) groups excluding carboxylic acids is 2. The smallest absolute Gasteiger partial charge is 0.244 e. The van der Waals surface area contributed by atoms with Gasteiger partial charge in [0.1, 0.15) is 18.4 Å². The number of hydrogen-bond acceptors (Lipinski definition) is 4. The van der Waals surface area contributed by atoms with Gasteiger partial charge in [-0.1, -0.05) is 81.4 Å². The van der Waals surface area contributed by atoms with Crippen LogP contribution < -0.4 is 9.62 Å². The standard InChI is InChI=1S/C31H38FN3O4S/c1-6-33-30(37)28(20-23-12-8-7-9-13-23)34(21-24-14-10-11-15-27(24)32)29(36)22-35(40(5,38)39)26-18-16-25(17-19-26)31(2,3)4/h7-19,28H,6,20-22H2,1-5H3,(H,33,37)/t28-/m0/s1. The predicted octanol–water partition coefficient (Wildman–Crippen LogP) is 4.67. The van der Waals surface area contributed by atoms with Crippen molar-refractivity contribution in [2.75, 3.05) is 23.7 Å². The quantitative estimate of drug-likeness (QED) is 0.365. The minimum absolute atomic E-state index is 0.141. The third-order valence-electron chi connectivity index (χ3n) is 6.62. The summed E-state index contributed by atoms with van der Waals surface area (Å²) in [7, 11) is -3.88. The van der Waals surface area contributed by atoms with E-state index in [0.29, 0.717) is 12.2 Å². The molecule has 3 aromatic carbocycles. The Hall–Kier alpha value is -3.72. The summed E-state index contributed by atoms with van der Waals surface area (Å²) in [5.74, 6) is -1.55. The highest BCUT2D eigenvalue weighted by molar-refractivity contribution is 7.92. The first-order chi connectivity index (χ1) is 18.8. The van der Waals surface area contributed by atoms with E-state index < -0.39 is 40.2 Å². The van der Waals surface area contributed by atoms with E-state index in [1.54, 1.807) is 37.3 Å². The number of rotatable bonds is 11. The number of likely N-dealkylation sites (N-methyl/N-ethyl adjacent to an activating group) is 1. The molecule has 0 aromatic heterocycles. The number of halogens is 1. The lowest BCUT2D eigenvalue weighted by molar-refractivity contribution is -0.140. The summed E-state index contributed by atoms with van der Waals surface area (Å²) in [6.45, 7) is 7.50. The van der Waals surface area contributed by atoms with Crippen molar-refractivity contribution >= 4 is 27.5 Å². The van der Waals surface area contributed by atoms with E-state index in [1.807, 2.05) is 42.5 Å². The van der Waals surface area contributed by atoms with Crippen LogP contribution in [0.1, 0.15) is 44.4 Å². The molecule has 7 nitrogen and oxygen atoms in total. The minimum Gasteiger partial charge on any atom is -0.355 e. The van der Waals surface area contributed by atoms with Crippen LogP contribution in [0.25, 0.3) is 0 Å². The van der Waals surface area contributed by atoms with Crippen molar-refractivity contribution in [1.82, 2.24) is 10.2 Å². The van der Waals surface area contributed by atoms with Crippen LogP contribution in [0.4, 0.5) is 10.1 Å². The van der Waals surface area contributed by atoms with E-state index in [9.17, 15) is 22.4 Å². The van der Waals surface area contributed by atoms with E-state index in [-0.39, 0.29) is 23.9 Å². The Balaban J connectivity index is 2.04. The summed E-state index contributed by atoms with van der Waals surface area (Å²) >= 11 is 0. The second kappa shape index (κ2) is 13.1. The molecule has 0 saturated carbocycles. The molecule has 0 bridgehead atoms. The van der Waals surface area contributed by atoms with Gasteiger partial charge in [-0.3, -0.25) is 13.9 Å². The van der Waals surface area contributed by atoms with E-state index in [4.69, 9.17) is 0 Å². The zero-order chi connectivity index (χ0) is 29.5. The van der Waals surface area contributed by atoms with Crippen molar-refractivity contribution in [3.63, 3.8) is 0 Å². The molecule has 0 aliphatic heterocycles. The number of nitrogens with one attached hydrogen (secondary N) is 1. The van der Waals surface area contributed by atoms with E-state index in [2.05, 4.69) is 26.1 Å². The van der Waals surface area contributed by atoms with E-state index in [1.165, 1.54) is 11.0 Å². The third kappa shape index (κ3) is 8.14. The van der Waals surface area contributed by atoms with Crippen LogP contribution in [0, 0.1) is 5.82 Å². The van der Waals surface area contributed by atoms with Gasteiger partial charge in [-0.25, -0.2) is 12.8 Å². The summed E-state index contributed by atoms with van der Waals surface area (Å²) in [5.41, 5.74) is 2.23. The molecule has 0 radical (unpaired) electrons. The van der Waals surface area contributed by atoms with Gasteiger partial charge in [-0.05, 0) is 41.7 Å². The van der Waals surface area contributed by atoms with Crippen molar-refractivity contribution in [1.29, 1.82) is 0 Å². The van der Waals surface area contributed by atoms with Gasteiger partial charge in [0.2, 0.25) is 21.8 Å². The molecule has 9 heteroatoms. The second-order valence-corrected chi connectivity index (χ2v) is 12.7. The summed E-state index contributed by atoms with van der Waals surface area (Å²) in [6.07, 6.45) is 1.20. The summed E-state index contributed by atoms with van der Waals surface area (Å²) in [6, 6.07) is 21.2. The summed E-state index contributed by atoms with van der Waals surface area (Å²) < 4.78 is 41.6. The molecule has 3 rings (SSSR count). The van der Waals surface area contributed by atoms with Crippen LogP contribution in [-0.4, -0.2) is 50.5 Å². The highest BCUT2D eigenvalue weighted by Crippen LogP contribution is 2.26. The minimum atomic E-state index is -3.88. The maximum atomic E-state index is 14.8. The maximum absolute atomic E-state index is 14.8. The van der Waals surface area contributed by atoms with Crippen LogP contribution in [0.2, 0.25) is 0 Å². The van der Waals surface area contributed by atoms with Gasteiger partial charge in [0.15, 0.2) is 0 Å². The lowest BCUT2D eigenvalue weighted by Crippen LogP contribution is -2.53. The van der Waals surface area contributed by atoms with Gasteiger partial charge < -0.3 is 10.2 Å². The number of hydrogen-bond donors (Lipinski definition) is 1. The lowest BCUT2D eigenvalue weighted by atomic mass is 9.87. The molecule has 0 saturated heterocycles. The molecule has 0 aliphatic carbocycles. The Morgan fingerprint density at radius 3 is 2.08 bits per heavy atom. The fourth-order valence-corrected chi connectivity index (χ4v) is 5.25. The summed E-state index contributed by atoms with van der Waals surface area (Å²) in [5, 5.41) is 2.78. The Kier molecular flexibility index (Phi) is 10.1. The SMILES string of the molecule is CCNC(=O)[C@H](Cc1ccccc1)N(Cc1ccccc1F)C(=O)CN(c1ccc(C(C)(C)C)cc1)S(C)(=O)=O. The molecule has 0 heterocycles. The molecule has 0 fully saturated rings. The average Bonchev–Trinajstić information content (AvgIpc) is 2.90. The van der Waals surface area contributed by atoms with E-state index >= 15 is 0 Å². The average molecular weight is 568 g/mol. The van der Waals surface area contributed by atoms with Gasteiger partial charge in [-0.15, -0.1) is 0 Å². The van der Waals surface area contributed by atoms with Crippen molar-refractivity contribution in [2.45, 2.75) is 52.1 Å². The highest BCUT2D eigenvalue weighted by Gasteiger charge is 2.33. The molecular formula is C31H38FN3O4S. The second-order valence-electron chi connectivity index (χ2n) is 10.8. The van der Waals surface area contributed by atoms with Crippen molar-refractivity contribution < 1.29 is 22.4 Å².